The molecule has 6 rings (SSSR count). The van der Waals surface area contributed by atoms with Gasteiger partial charge in [-0.2, -0.15) is 0 Å². The van der Waals surface area contributed by atoms with Gasteiger partial charge in [0.1, 0.15) is 0 Å². The first kappa shape index (κ1) is 20.3. The third kappa shape index (κ3) is 3.98. The van der Waals surface area contributed by atoms with Crippen LogP contribution < -0.4 is 0 Å². The van der Waals surface area contributed by atoms with Gasteiger partial charge in [-0.3, -0.25) is 0 Å². The van der Waals surface area contributed by atoms with Crippen molar-refractivity contribution in [1.29, 1.82) is 0 Å². The number of fused-ring (bicyclic) bond motifs is 8. The molecule has 7 heteroatoms. The zero-order valence-corrected chi connectivity index (χ0v) is 19.3. The van der Waals surface area contributed by atoms with Crippen molar-refractivity contribution in [1.82, 2.24) is 19.9 Å². The van der Waals surface area contributed by atoms with Gasteiger partial charge in [0.2, 0.25) is 0 Å². The van der Waals surface area contributed by atoms with Crippen molar-refractivity contribution in [2.24, 2.45) is 0 Å². The molecule has 0 saturated heterocycles. The first-order valence-corrected chi connectivity index (χ1v) is 11.4. The SMILES string of the molecule is Clc1cc(Cl)c(C2=Cc3cc4ccc(cc5nc(cc6ccc(cc2n3)[nH]6)C=C5)[nH]4)c(Cl)c1. The summed E-state index contributed by atoms with van der Waals surface area (Å²) in [7, 11) is 0. The summed E-state index contributed by atoms with van der Waals surface area (Å²) in [5.41, 5.74) is 8.58. The summed E-state index contributed by atoms with van der Waals surface area (Å²) < 4.78 is 0. The van der Waals surface area contributed by atoms with E-state index in [0.717, 1.165) is 50.4 Å². The molecule has 0 spiro atoms. The number of aromatic amines is 2. The molecule has 3 aromatic heterocycles. The van der Waals surface area contributed by atoms with Crippen molar-refractivity contribution in [3.05, 3.63) is 104 Å². The average Bonchev–Trinajstić information content (AvgIpc) is 3.53. The van der Waals surface area contributed by atoms with E-state index in [0.29, 0.717) is 20.6 Å². The lowest BCUT2D eigenvalue weighted by Crippen LogP contribution is -1.89. The standard InChI is InChI=1S/C26H15Cl3N4/c27-14-7-23(28)26(24(29)8-14)22-12-21-11-19-4-3-17(31-19)9-15-1-2-16(30-15)10-18-5-6-20(32-18)13-25(22)33-21/h1-13,31-32H. The summed E-state index contributed by atoms with van der Waals surface area (Å²) in [6, 6.07) is 19.4. The highest BCUT2D eigenvalue weighted by Gasteiger charge is 2.19. The third-order valence-electron chi connectivity index (χ3n) is 5.44. The van der Waals surface area contributed by atoms with Crippen LogP contribution in [-0.2, 0) is 0 Å². The Bertz CT molecular complexity index is 1630. The summed E-state index contributed by atoms with van der Waals surface area (Å²) in [6.45, 7) is 0. The Morgan fingerprint density at radius 2 is 1.09 bits per heavy atom. The number of hydrogen-bond acceptors (Lipinski definition) is 2. The molecule has 0 unspecified atom stereocenters. The van der Waals surface area contributed by atoms with Gasteiger partial charge < -0.3 is 9.97 Å². The maximum Gasteiger partial charge on any atom is 0.0737 e. The highest BCUT2D eigenvalue weighted by atomic mass is 35.5. The Balaban J connectivity index is 1.66. The van der Waals surface area contributed by atoms with Crippen molar-refractivity contribution >= 4 is 80.7 Å². The molecule has 2 N–H and O–H groups in total. The number of halogens is 3. The van der Waals surface area contributed by atoms with Gasteiger partial charge in [-0.25, -0.2) is 9.97 Å². The highest BCUT2D eigenvalue weighted by molar-refractivity contribution is 6.41. The van der Waals surface area contributed by atoms with E-state index in [1.807, 2.05) is 66.8 Å². The van der Waals surface area contributed by atoms with Crippen LogP contribution in [0.5, 0.6) is 0 Å². The predicted molar refractivity (Wildman–Crippen MR) is 138 cm³/mol. The quantitative estimate of drug-likeness (QED) is 0.245. The van der Waals surface area contributed by atoms with Crippen LogP contribution in [0.3, 0.4) is 0 Å². The largest absolute Gasteiger partial charge is 0.355 e. The third-order valence-corrected chi connectivity index (χ3v) is 6.26. The maximum absolute atomic E-state index is 6.56. The summed E-state index contributed by atoms with van der Waals surface area (Å²) in [4.78, 5) is 16.3. The number of hydrogen-bond donors (Lipinski definition) is 2. The molecule has 0 fully saturated rings. The first-order valence-electron chi connectivity index (χ1n) is 10.2. The van der Waals surface area contributed by atoms with Crippen LogP contribution in [0.25, 0.3) is 45.9 Å². The molecule has 4 nitrogen and oxygen atoms in total. The summed E-state index contributed by atoms with van der Waals surface area (Å²) >= 11 is 19.3. The Labute approximate surface area is 204 Å². The molecular weight excluding hydrogens is 475 g/mol. The second-order valence-corrected chi connectivity index (χ2v) is 9.09. The molecule has 0 radical (unpaired) electrons. The van der Waals surface area contributed by atoms with Crippen LogP contribution in [0, 0.1) is 0 Å². The number of nitrogens with one attached hydrogen (secondary N) is 2. The van der Waals surface area contributed by atoms with E-state index >= 15 is 0 Å². The second-order valence-electron chi connectivity index (χ2n) is 7.83. The molecule has 5 heterocycles. The smallest absolute Gasteiger partial charge is 0.0737 e. The van der Waals surface area contributed by atoms with Gasteiger partial charge in [0.15, 0.2) is 0 Å². The average molecular weight is 490 g/mol. The van der Waals surface area contributed by atoms with Crippen LogP contribution in [0.1, 0.15) is 28.3 Å². The molecule has 0 atom stereocenters. The number of nitrogens with zero attached hydrogens (tertiary/aromatic N) is 2. The highest BCUT2D eigenvalue weighted by Crippen LogP contribution is 2.39. The maximum atomic E-state index is 6.56. The van der Waals surface area contributed by atoms with Crippen molar-refractivity contribution < 1.29 is 0 Å². The topological polar surface area (TPSA) is 57.4 Å². The number of rotatable bonds is 1. The lowest BCUT2D eigenvalue weighted by atomic mass is 10.0. The molecule has 8 bridgehead atoms. The van der Waals surface area contributed by atoms with E-state index in [1.165, 1.54) is 0 Å². The Morgan fingerprint density at radius 3 is 1.67 bits per heavy atom. The van der Waals surface area contributed by atoms with Crippen LogP contribution in [0.2, 0.25) is 15.1 Å². The van der Waals surface area contributed by atoms with Crippen molar-refractivity contribution in [2.75, 3.05) is 0 Å². The fraction of sp³-hybridized carbons (Fsp3) is 0. The minimum atomic E-state index is 0.474. The molecule has 2 aliphatic heterocycles. The molecule has 4 aromatic rings. The minimum Gasteiger partial charge on any atom is -0.355 e. The first-order chi connectivity index (χ1) is 16.0. The normalized spacial score (nSPS) is 12.8. The number of H-pyrrole nitrogens is 2. The Kier molecular flexibility index (Phi) is 4.88. The zero-order chi connectivity index (χ0) is 22.5. The lowest BCUT2D eigenvalue weighted by Gasteiger charge is -2.08. The van der Waals surface area contributed by atoms with Crippen LogP contribution in [-0.4, -0.2) is 19.9 Å². The van der Waals surface area contributed by atoms with Gasteiger partial charge in [-0.1, -0.05) is 34.8 Å². The molecule has 1 aromatic carbocycles. The van der Waals surface area contributed by atoms with Gasteiger partial charge in [-0.05, 0) is 78.9 Å². The van der Waals surface area contributed by atoms with Crippen LogP contribution in [0.15, 0.2) is 60.7 Å². The number of aromatic nitrogens is 4. The molecule has 160 valence electrons. The molecule has 0 aliphatic carbocycles. The Morgan fingerprint density at radius 1 is 0.576 bits per heavy atom. The van der Waals surface area contributed by atoms with Gasteiger partial charge in [0, 0.05) is 38.2 Å². The van der Waals surface area contributed by atoms with E-state index in [2.05, 4.69) is 15.0 Å². The molecular formula is C26H15Cl3N4. The zero-order valence-electron chi connectivity index (χ0n) is 17.0. The lowest BCUT2D eigenvalue weighted by molar-refractivity contribution is 1.30. The summed E-state index contributed by atoms with van der Waals surface area (Å²) in [5.74, 6) is 0. The van der Waals surface area contributed by atoms with Gasteiger partial charge in [-0.15, -0.1) is 0 Å². The van der Waals surface area contributed by atoms with E-state index in [1.54, 1.807) is 12.1 Å². The summed E-state index contributed by atoms with van der Waals surface area (Å²) in [5, 5.41) is 1.43. The molecule has 2 aliphatic rings. The summed E-state index contributed by atoms with van der Waals surface area (Å²) in [6.07, 6.45) is 5.98. The van der Waals surface area contributed by atoms with Crippen LogP contribution >= 0.6 is 34.8 Å². The Hall–Kier alpha value is -3.31. The monoisotopic (exact) mass is 488 g/mol. The van der Waals surface area contributed by atoms with Gasteiger partial charge in [0.05, 0.1) is 32.8 Å². The minimum absolute atomic E-state index is 0.474. The molecule has 0 saturated carbocycles. The number of benzene rings is 1. The second kappa shape index (κ2) is 7.92. The van der Waals surface area contributed by atoms with Crippen molar-refractivity contribution in [3.63, 3.8) is 0 Å². The fourth-order valence-electron chi connectivity index (χ4n) is 4.01. The molecule has 0 amide bonds. The van der Waals surface area contributed by atoms with E-state index in [-0.39, 0.29) is 0 Å². The van der Waals surface area contributed by atoms with E-state index in [4.69, 9.17) is 39.8 Å². The van der Waals surface area contributed by atoms with E-state index < -0.39 is 0 Å². The molecule has 33 heavy (non-hydrogen) atoms. The fourth-order valence-corrected chi connectivity index (χ4v) is 5.03. The predicted octanol–water partition coefficient (Wildman–Crippen LogP) is 8.03. The van der Waals surface area contributed by atoms with E-state index in [9.17, 15) is 0 Å². The van der Waals surface area contributed by atoms with Crippen LogP contribution in [0.4, 0.5) is 0 Å². The van der Waals surface area contributed by atoms with Crippen molar-refractivity contribution in [2.45, 2.75) is 0 Å². The van der Waals surface area contributed by atoms with Crippen molar-refractivity contribution in [3.8, 4) is 0 Å². The van der Waals surface area contributed by atoms with Gasteiger partial charge in [0.25, 0.3) is 0 Å². The van der Waals surface area contributed by atoms with Gasteiger partial charge >= 0.3 is 0 Å².